The van der Waals surface area contributed by atoms with Crippen LogP contribution < -0.4 is 4.90 Å². The first kappa shape index (κ1) is 17.9. The van der Waals surface area contributed by atoms with Gasteiger partial charge in [-0.2, -0.15) is 10.1 Å². The molecule has 1 heterocycles. The van der Waals surface area contributed by atoms with E-state index in [2.05, 4.69) is 36.0 Å². The molecule has 0 saturated carbocycles. The van der Waals surface area contributed by atoms with Crippen molar-refractivity contribution >= 4 is 23.7 Å². The van der Waals surface area contributed by atoms with Crippen LogP contribution in [0.5, 0.6) is 0 Å². The number of rotatable bonds is 7. The summed E-state index contributed by atoms with van der Waals surface area (Å²) in [5.74, 6) is -0.758. The number of hydrazone groups is 1. The second-order valence-electron chi connectivity index (χ2n) is 6.29. The van der Waals surface area contributed by atoms with Gasteiger partial charge >= 0.3 is 0 Å². The lowest BCUT2D eigenvalue weighted by Crippen LogP contribution is -2.24. The van der Waals surface area contributed by atoms with Gasteiger partial charge in [0.1, 0.15) is 0 Å². The van der Waals surface area contributed by atoms with Crippen molar-refractivity contribution in [1.29, 1.82) is 0 Å². The van der Waals surface area contributed by atoms with Gasteiger partial charge in [0.2, 0.25) is 0 Å². The zero-order chi connectivity index (χ0) is 18.5. The molecule has 3 rings (SSSR count). The Morgan fingerprint density at radius 1 is 0.885 bits per heavy atom. The van der Waals surface area contributed by atoms with E-state index in [4.69, 9.17) is 0 Å². The third-order valence-corrected chi connectivity index (χ3v) is 4.34. The standard InChI is InChI=1S/C21H23N3O2/c1-3-13-23(14-4-2)17-11-9-16(10-12-17)15-22-24-20(25)18-7-5-6-8-19(18)21(24)26/h5-12,15H,3-4,13-14H2,1-2H3/b22-15-. The second kappa shape index (κ2) is 7.95. The number of fused-ring (bicyclic) bond motifs is 1. The molecule has 2 aromatic carbocycles. The summed E-state index contributed by atoms with van der Waals surface area (Å²) in [5.41, 5.74) is 2.82. The van der Waals surface area contributed by atoms with E-state index >= 15 is 0 Å². The summed E-state index contributed by atoms with van der Waals surface area (Å²) in [4.78, 5) is 27.0. The molecule has 5 nitrogen and oxygen atoms in total. The number of amides is 2. The van der Waals surface area contributed by atoms with Crippen molar-refractivity contribution in [2.24, 2.45) is 5.10 Å². The van der Waals surface area contributed by atoms with E-state index in [9.17, 15) is 9.59 Å². The largest absolute Gasteiger partial charge is 0.372 e. The minimum absolute atomic E-state index is 0.379. The molecule has 0 N–H and O–H groups in total. The van der Waals surface area contributed by atoms with E-state index in [1.54, 1.807) is 30.5 Å². The van der Waals surface area contributed by atoms with Crippen LogP contribution in [0.25, 0.3) is 0 Å². The highest BCUT2D eigenvalue weighted by atomic mass is 16.2. The SMILES string of the molecule is CCCN(CCC)c1ccc(/C=N\N2C(=O)c3ccccc3C2=O)cc1. The minimum Gasteiger partial charge on any atom is -0.372 e. The number of nitrogens with zero attached hydrogens (tertiary/aromatic N) is 3. The Hall–Kier alpha value is -2.95. The van der Waals surface area contributed by atoms with Crippen LogP contribution in [0.4, 0.5) is 5.69 Å². The van der Waals surface area contributed by atoms with Crippen molar-refractivity contribution in [3.8, 4) is 0 Å². The molecule has 5 heteroatoms. The molecule has 0 atom stereocenters. The molecule has 2 aromatic rings. The van der Waals surface area contributed by atoms with Gasteiger partial charge in [-0.05, 0) is 42.7 Å². The van der Waals surface area contributed by atoms with Gasteiger partial charge in [-0.15, -0.1) is 0 Å². The number of hydrogen-bond acceptors (Lipinski definition) is 4. The van der Waals surface area contributed by atoms with Crippen LogP contribution in [-0.2, 0) is 0 Å². The van der Waals surface area contributed by atoms with Crippen molar-refractivity contribution in [3.63, 3.8) is 0 Å². The van der Waals surface area contributed by atoms with Crippen molar-refractivity contribution in [1.82, 2.24) is 5.01 Å². The van der Waals surface area contributed by atoms with Crippen molar-refractivity contribution < 1.29 is 9.59 Å². The lowest BCUT2D eigenvalue weighted by atomic mass is 10.1. The lowest BCUT2D eigenvalue weighted by molar-refractivity contribution is 0.0660. The van der Waals surface area contributed by atoms with Gasteiger partial charge in [0, 0.05) is 18.8 Å². The summed E-state index contributed by atoms with van der Waals surface area (Å²) >= 11 is 0. The molecule has 26 heavy (non-hydrogen) atoms. The normalized spacial score (nSPS) is 13.5. The van der Waals surface area contributed by atoms with E-state index in [1.807, 2.05) is 12.1 Å². The first-order valence-corrected chi connectivity index (χ1v) is 9.02. The number of carbonyl (C=O) groups is 2. The number of carbonyl (C=O) groups excluding carboxylic acids is 2. The molecular formula is C21H23N3O2. The van der Waals surface area contributed by atoms with E-state index < -0.39 is 0 Å². The zero-order valence-electron chi connectivity index (χ0n) is 15.2. The molecule has 1 aliphatic heterocycles. The van der Waals surface area contributed by atoms with Gasteiger partial charge in [-0.25, -0.2) is 0 Å². The Labute approximate surface area is 153 Å². The fourth-order valence-electron chi connectivity index (χ4n) is 3.09. The maximum absolute atomic E-state index is 12.3. The van der Waals surface area contributed by atoms with E-state index in [-0.39, 0.29) is 11.8 Å². The maximum atomic E-state index is 12.3. The summed E-state index contributed by atoms with van der Waals surface area (Å²) in [5, 5.41) is 5.04. The van der Waals surface area contributed by atoms with Crippen LogP contribution in [0.1, 0.15) is 53.0 Å². The van der Waals surface area contributed by atoms with Crippen LogP contribution >= 0.6 is 0 Å². The number of imide groups is 1. The Morgan fingerprint density at radius 3 is 1.92 bits per heavy atom. The molecule has 0 unspecified atom stereocenters. The fourth-order valence-corrected chi connectivity index (χ4v) is 3.09. The predicted octanol–water partition coefficient (Wildman–Crippen LogP) is 3.94. The van der Waals surface area contributed by atoms with Crippen molar-refractivity contribution in [3.05, 3.63) is 65.2 Å². The van der Waals surface area contributed by atoms with Gasteiger partial charge in [-0.3, -0.25) is 9.59 Å². The second-order valence-corrected chi connectivity index (χ2v) is 6.29. The van der Waals surface area contributed by atoms with Gasteiger partial charge in [0.15, 0.2) is 0 Å². The van der Waals surface area contributed by atoms with E-state index in [0.717, 1.165) is 36.5 Å². The molecular weight excluding hydrogens is 326 g/mol. The molecule has 0 spiro atoms. The highest BCUT2D eigenvalue weighted by molar-refractivity contribution is 6.21. The monoisotopic (exact) mass is 349 g/mol. The summed E-state index contributed by atoms with van der Waals surface area (Å²) in [6, 6.07) is 14.8. The lowest BCUT2D eigenvalue weighted by Gasteiger charge is -2.23. The van der Waals surface area contributed by atoms with Crippen molar-refractivity contribution in [2.75, 3.05) is 18.0 Å². The van der Waals surface area contributed by atoms with Crippen molar-refractivity contribution in [2.45, 2.75) is 26.7 Å². The number of hydrogen-bond donors (Lipinski definition) is 0. The van der Waals surface area contributed by atoms with E-state index in [1.165, 1.54) is 5.69 Å². The highest BCUT2D eigenvalue weighted by Crippen LogP contribution is 2.22. The summed E-state index contributed by atoms with van der Waals surface area (Å²) in [6.07, 6.45) is 3.75. The maximum Gasteiger partial charge on any atom is 0.282 e. The minimum atomic E-state index is -0.379. The van der Waals surface area contributed by atoms with Gasteiger partial charge in [0.05, 0.1) is 17.3 Å². The Morgan fingerprint density at radius 2 is 1.42 bits per heavy atom. The Kier molecular flexibility index (Phi) is 5.46. The molecule has 0 bridgehead atoms. The molecule has 1 aliphatic rings. The van der Waals surface area contributed by atoms with Crippen LogP contribution in [0.15, 0.2) is 53.6 Å². The smallest absolute Gasteiger partial charge is 0.282 e. The average molecular weight is 349 g/mol. The van der Waals surface area contributed by atoms with E-state index in [0.29, 0.717) is 11.1 Å². The quantitative estimate of drug-likeness (QED) is 0.562. The van der Waals surface area contributed by atoms with Crippen LogP contribution in [0.3, 0.4) is 0 Å². The summed E-state index contributed by atoms with van der Waals surface area (Å²) < 4.78 is 0. The average Bonchev–Trinajstić information content (AvgIpc) is 2.91. The first-order valence-electron chi connectivity index (χ1n) is 9.02. The Bertz CT molecular complexity index is 786. The number of benzene rings is 2. The number of anilines is 1. The van der Waals surface area contributed by atoms with Gasteiger partial charge in [0.25, 0.3) is 11.8 Å². The topological polar surface area (TPSA) is 53.0 Å². The third-order valence-electron chi connectivity index (χ3n) is 4.34. The molecule has 2 amide bonds. The summed E-state index contributed by atoms with van der Waals surface area (Å²) in [6.45, 7) is 6.39. The molecule has 0 aromatic heterocycles. The van der Waals surface area contributed by atoms with Gasteiger partial charge in [-0.1, -0.05) is 38.1 Å². The molecule has 0 fully saturated rings. The molecule has 0 aliphatic carbocycles. The molecule has 0 saturated heterocycles. The fraction of sp³-hybridized carbons (Fsp3) is 0.286. The van der Waals surface area contributed by atoms with Crippen LogP contribution in [0.2, 0.25) is 0 Å². The van der Waals surface area contributed by atoms with Gasteiger partial charge < -0.3 is 4.90 Å². The van der Waals surface area contributed by atoms with Crippen LogP contribution in [-0.4, -0.2) is 36.1 Å². The molecule has 0 radical (unpaired) electrons. The Balaban J connectivity index is 1.74. The zero-order valence-corrected chi connectivity index (χ0v) is 15.2. The summed E-state index contributed by atoms with van der Waals surface area (Å²) in [7, 11) is 0. The molecule has 134 valence electrons. The third kappa shape index (κ3) is 3.52. The highest BCUT2D eigenvalue weighted by Gasteiger charge is 2.35. The van der Waals surface area contributed by atoms with Crippen LogP contribution in [0, 0.1) is 0 Å². The predicted molar refractivity (Wildman–Crippen MR) is 104 cm³/mol. The first-order chi connectivity index (χ1) is 12.7.